The number of rotatable bonds is 3. The first-order valence-corrected chi connectivity index (χ1v) is 2.94. The summed E-state index contributed by atoms with van der Waals surface area (Å²) in [6, 6.07) is 0. The molecular weight excluding hydrogens is 130 g/mol. The van der Waals surface area contributed by atoms with Crippen LogP contribution in [0.15, 0.2) is 12.0 Å². The van der Waals surface area contributed by atoms with Gasteiger partial charge in [0.25, 0.3) is 0 Å². The summed E-state index contributed by atoms with van der Waals surface area (Å²) >= 11 is 0. The molecule has 0 aliphatic rings. The van der Waals surface area contributed by atoms with Crippen LogP contribution in [0.3, 0.4) is 0 Å². The fraction of sp³-hybridized carbons (Fsp3) is 0.333. The van der Waals surface area contributed by atoms with Crippen molar-refractivity contribution >= 4 is 12.1 Å². The first-order valence-electron chi connectivity index (χ1n) is 2.94. The van der Waals surface area contributed by atoms with Crippen LogP contribution < -0.4 is 5.32 Å². The number of hydrogen-bond acceptors (Lipinski definition) is 3. The minimum atomic E-state index is -0.182. The Kier molecular flexibility index (Phi) is 3.95. The van der Waals surface area contributed by atoms with Gasteiger partial charge in [-0.1, -0.05) is 6.92 Å². The Balaban J connectivity index is 3.71. The zero-order valence-electron chi connectivity index (χ0n) is 5.81. The van der Waals surface area contributed by atoms with Crippen molar-refractivity contribution in [3.8, 4) is 0 Å². The highest BCUT2D eigenvalue weighted by Crippen LogP contribution is 1.80. The maximum absolute atomic E-state index is 8.66. The van der Waals surface area contributed by atoms with Gasteiger partial charge in [0.1, 0.15) is 5.76 Å². The van der Waals surface area contributed by atoms with Gasteiger partial charge in [-0.2, -0.15) is 0 Å². The third kappa shape index (κ3) is 3.65. The lowest BCUT2D eigenvalue weighted by Gasteiger charge is -1.97. The lowest BCUT2D eigenvalue weighted by Crippen LogP contribution is -2.15. The molecule has 4 heteroatoms. The van der Waals surface area contributed by atoms with E-state index in [2.05, 4.69) is 5.32 Å². The SMILES string of the molecule is CCC(=N)N/C=C(/O)C=N. The van der Waals surface area contributed by atoms with Crippen LogP contribution >= 0.6 is 0 Å². The molecular formula is C6H11N3O. The Morgan fingerprint density at radius 1 is 1.70 bits per heavy atom. The second kappa shape index (κ2) is 4.55. The smallest absolute Gasteiger partial charge is 0.149 e. The van der Waals surface area contributed by atoms with Gasteiger partial charge in [-0.25, -0.2) is 0 Å². The van der Waals surface area contributed by atoms with Crippen LogP contribution in [0.2, 0.25) is 0 Å². The van der Waals surface area contributed by atoms with Crippen LogP contribution in [0.25, 0.3) is 0 Å². The molecule has 4 nitrogen and oxygen atoms in total. The van der Waals surface area contributed by atoms with Crippen molar-refractivity contribution in [2.45, 2.75) is 13.3 Å². The topological polar surface area (TPSA) is 80.0 Å². The second-order valence-electron chi connectivity index (χ2n) is 1.69. The van der Waals surface area contributed by atoms with Crippen molar-refractivity contribution < 1.29 is 5.11 Å². The van der Waals surface area contributed by atoms with Crippen molar-refractivity contribution in [3.05, 3.63) is 12.0 Å². The predicted octanol–water partition coefficient (Wildman–Crippen LogP) is 1.01. The molecule has 0 bridgehead atoms. The highest BCUT2D eigenvalue weighted by atomic mass is 16.3. The molecule has 0 spiro atoms. The molecule has 0 heterocycles. The average Bonchev–Trinajstić information content (AvgIpc) is 1.99. The number of amidine groups is 1. The summed E-state index contributed by atoms with van der Waals surface area (Å²) in [5.41, 5.74) is 0. The minimum Gasteiger partial charge on any atom is -0.505 e. The maximum Gasteiger partial charge on any atom is 0.149 e. The zero-order valence-corrected chi connectivity index (χ0v) is 5.81. The first-order chi connectivity index (χ1) is 4.70. The summed E-state index contributed by atoms with van der Waals surface area (Å²) in [6.07, 6.45) is 2.59. The molecule has 0 aromatic carbocycles. The lowest BCUT2D eigenvalue weighted by atomic mass is 10.4. The standard InChI is InChI=1S/C6H11N3O/c1-2-6(8)9-4-5(10)3-7/h3-4,7,10H,2H2,1H3,(H2,8,9)/b5-4+,7-3?. The van der Waals surface area contributed by atoms with Gasteiger partial charge < -0.3 is 15.8 Å². The van der Waals surface area contributed by atoms with Gasteiger partial charge in [0, 0.05) is 12.6 Å². The van der Waals surface area contributed by atoms with Crippen molar-refractivity contribution in [3.63, 3.8) is 0 Å². The molecule has 0 unspecified atom stereocenters. The van der Waals surface area contributed by atoms with Gasteiger partial charge >= 0.3 is 0 Å². The highest BCUT2D eigenvalue weighted by molar-refractivity contribution is 5.81. The maximum atomic E-state index is 8.66. The summed E-state index contributed by atoms with van der Waals surface area (Å²) in [7, 11) is 0. The van der Waals surface area contributed by atoms with Gasteiger partial charge in [-0.15, -0.1) is 0 Å². The van der Waals surface area contributed by atoms with Crippen molar-refractivity contribution in [1.82, 2.24) is 5.32 Å². The van der Waals surface area contributed by atoms with E-state index in [1.165, 1.54) is 6.20 Å². The molecule has 0 amide bonds. The summed E-state index contributed by atoms with van der Waals surface area (Å²) in [5.74, 6) is 0.131. The van der Waals surface area contributed by atoms with Gasteiger partial charge in [-0.05, 0) is 0 Å². The van der Waals surface area contributed by atoms with Gasteiger partial charge in [0.2, 0.25) is 0 Å². The van der Waals surface area contributed by atoms with Crippen LogP contribution in [0, 0.1) is 10.8 Å². The van der Waals surface area contributed by atoms with Gasteiger partial charge in [0.15, 0.2) is 0 Å². The second-order valence-corrected chi connectivity index (χ2v) is 1.69. The number of aliphatic hydroxyl groups excluding tert-OH is 1. The Labute approximate surface area is 59.6 Å². The van der Waals surface area contributed by atoms with Crippen LogP contribution in [-0.2, 0) is 0 Å². The molecule has 0 aromatic rings. The molecule has 10 heavy (non-hydrogen) atoms. The van der Waals surface area contributed by atoms with Crippen LogP contribution in [0.5, 0.6) is 0 Å². The van der Waals surface area contributed by atoms with Crippen molar-refractivity contribution in [2.24, 2.45) is 0 Å². The van der Waals surface area contributed by atoms with Crippen LogP contribution in [0.4, 0.5) is 0 Å². The Bertz CT molecular complexity index is 162. The number of aliphatic hydroxyl groups is 1. The van der Waals surface area contributed by atoms with Gasteiger partial charge in [-0.3, -0.25) is 5.41 Å². The van der Waals surface area contributed by atoms with E-state index in [0.29, 0.717) is 12.3 Å². The van der Waals surface area contributed by atoms with E-state index in [1.54, 1.807) is 0 Å². The molecule has 0 rings (SSSR count). The Morgan fingerprint density at radius 2 is 2.30 bits per heavy atom. The molecule has 0 aliphatic heterocycles. The number of nitrogens with one attached hydrogen (secondary N) is 3. The molecule has 0 aliphatic carbocycles. The minimum absolute atomic E-state index is 0.182. The molecule has 0 atom stereocenters. The van der Waals surface area contributed by atoms with E-state index in [0.717, 1.165) is 6.21 Å². The monoisotopic (exact) mass is 141 g/mol. The molecule has 0 saturated carbocycles. The van der Waals surface area contributed by atoms with E-state index in [1.807, 2.05) is 6.92 Å². The van der Waals surface area contributed by atoms with Crippen LogP contribution in [0.1, 0.15) is 13.3 Å². The van der Waals surface area contributed by atoms with E-state index < -0.39 is 0 Å². The summed E-state index contributed by atoms with van der Waals surface area (Å²) in [6.45, 7) is 1.82. The van der Waals surface area contributed by atoms with Crippen molar-refractivity contribution in [2.75, 3.05) is 0 Å². The summed E-state index contributed by atoms with van der Waals surface area (Å²) in [4.78, 5) is 0. The zero-order chi connectivity index (χ0) is 7.98. The largest absolute Gasteiger partial charge is 0.505 e. The molecule has 0 saturated heterocycles. The highest BCUT2D eigenvalue weighted by Gasteiger charge is 1.87. The molecule has 4 N–H and O–H groups in total. The first kappa shape index (κ1) is 8.68. The fourth-order valence-corrected chi connectivity index (χ4v) is 0.305. The van der Waals surface area contributed by atoms with E-state index in [4.69, 9.17) is 15.9 Å². The van der Waals surface area contributed by atoms with E-state index in [-0.39, 0.29) is 5.76 Å². The van der Waals surface area contributed by atoms with E-state index in [9.17, 15) is 0 Å². The number of hydrogen-bond donors (Lipinski definition) is 4. The predicted molar refractivity (Wildman–Crippen MR) is 40.6 cm³/mol. The fourth-order valence-electron chi connectivity index (χ4n) is 0.305. The van der Waals surface area contributed by atoms with Crippen molar-refractivity contribution in [1.29, 1.82) is 10.8 Å². The number of allylic oxidation sites excluding steroid dienone is 1. The Morgan fingerprint density at radius 3 is 2.70 bits per heavy atom. The third-order valence-electron chi connectivity index (χ3n) is 0.896. The normalized spacial score (nSPS) is 10.7. The Hall–Kier alpha value is -1.32. The molecule has 56 valence electrons. The summed E-state index contributed by atoms with van der Waals surface area (Å²) in [5, 5.41) is 24.8. The molecule has 0 fully saturated rings. The average molecular weight is 141 g/mol. The quantitative estimate of drug-likeness (QED) is 0.269. The molecule has 0 aromatic heterocycles. The summed E-state index contributed by atoms with van der Waals surface area (Å²) < 4.78 is 0. The third-order valence-corrected chi connectivity index (χ3v) is 0.896. The van der Waals surface area contributed by atoms with Gasteiger partial charge in [0.05, 0.1) is 12.1 Å². The molecule has 0 radical (unpaired) electrons. The van der Waals surface area contributed by atoms with Crippen LogP contribution in [-0.4, -0.2) is 17.2 Å². The lowest BCUT2D eigenvalue weighted by molar-refractivity contribution is 0.443. The van der Waals surface area contributed by atoms with E-state index >= 15 is 0 Å².